The van der Waals surface area contributed by atoms with Gasteiger partial charge in [0, 0.05) is 19.9 Å². The molecule has 1 aliphatic heterocycles. The molecule has 0 aliphatic carbocycles. The minimum absolute atomic E-state index is 0.381. The van der Waals surface area contributed by atoms with E-state index < -0.39 is 0 Å². The molecule has 0 spiro atoms. The first kappa shape index (κ1) is 14.1. The molecule has 0 N–H and O–H groups in total. The summed E-state index contributed by atoms with van der Waals surface area (Å²) < 4.78 is 1.58. The first-order valence-corrected chi connectivity index (χ1v) is 11.5. The van der Waals surface area contributed by atoms with Crippen LogP contribution in [0.2, 0.25) is 0 Å². The highest BCUT2D eigenvalue weighted by molar-refractivity contribution is 7.79. The van der Waals surface area contributed by atoms with Gasteiger partial charge in [-0.05, 0) is 53.1 Å². The van der Waals surface area contributed by atoms with Crippen molar-refractivity contribution in [2.24, 2.45) is 0 Å². The fourth-order valence-corrected chi connectivity index (χ4v) is 10.3. The third kappa shape index (κ3) is 2.19. The van der Waals surface area contributed by atoms with Gasteiger partial charge in [-0.1, -0.05) is 36.4 Å². The maximum Gasteiger partial charge on any atom is 0.0574 e. The van der Waals surface area contributed by atoms with Gasteiger partial charge in [0.25, 0.3) is 0 Å². The van der Waals surface area contributed by atoms with Gasteiger partial charge in [-0.15, -0.1) is 34.0 Å². The predicted molar refractivity (Wildman–Crippen MR) is 106 cm³/mol. The average Bonchev–Trinajstić information content (AvgIpc) is 3.33. The standard InChI is InChI=1S/C19H13PS3/c1-2-5-13(6-3-1)20-17(16-7-4-10-21-16)18-14(8-11-22-18)15-9-12-23-19(15)20/h1-12,17H/t17-,20?/m0/s1. The van der Waals surface area contributed by atoms with Crippen LogP contribution in [0.1, 0.15) is 15.4 Å². The zero-order chi connectivity index (χ0) is 15.2. The summed E-state index contributed by atoms with van der Waals surface area (Å²) in [4.78, 5) is 3.05. The van der Waals surface area contributed by atoms with Crippen LogP contribution >= 0.6 is 41.9 Å². The van der Waals surface area contributed by atoms with Crippen LogP contribution in [-0.4, -0.2) is 0 Å². The van der Waals surface area contributed by atoms with E-state index >= 15 is 0 Å². The number of thiophene rings is 3. The van der Waals surface area contributed by atoms with Gasteiger partial charge in [-0.2, -0.15) is 0 Å². The van der Waals surface area contributed by atoms with Gasteiger partial charge < -0.3 is 0 Å². The van der Waals surface area contributed by atoms with Crippen LogP contribution in [0.25, 0.3) is 11.1 Å². The summed E-state index contributed by atoms with van der Waals surface area (Å²) in [6, 6.07) is 20.2. The molecule has 112 valence electrons. The van der Waals surface area contributed by atoms with Crippen LogP contribution in [-0.2, 0) is 0 Å². The third-order valence-electron chi connectivity index (χ3n) is 4.20. The molecule has 0 saturated carbocycles. The number of benzene rings is 1. The molecule has 0 saturated heterocycles. The number of hydrogen-bond donors (Lipinski definition) is 0. The zero-order valence-electron chi connectivity index (χ0n) is 12.2. The molecule has 23 heavy (non-hydrogen) atoms. The smallest absolute Gasteiger partial charge is 0.0574 e. The lowest BCUT2D eigenvalue weighted by Crippen LogP contribution is -2.20. The zero-order valence-corrected chi connectivity index (χ0v) is 15.5. The van der Waals surface area contributed by atoms with Crippen molar-refractivity contribution < 1.29 is 0 Å². The molecule has 0 radical (unpaired) electrons. The molecule has 1 aliphatic rings. The first-order chi connectivity index (χ1) is 11.4. The molecule has 0 amide bonds. The SMILES string of the molecule is c1ccc(P2c3sccc3-c3ccsc3[C@@H]2c2cccs2)cc1. The fourth-order valence-electron chi connectivity index (χ4n) is 3.24. The van der Waals surface area contributed by atoms with Crippen molar-refractivity contribution in [3.05, 3.63) is 80.5 Å². The minimum Gasteiger partial charge on any atom is -0.148 e. The highest BCUT2D eigenvalue weighted by Crippen LogP contribution is 2.62. The largest absolute Gasteiger partial charge is 0.148 e. The maximum atomic E-state index is 2.32. The molecule has 3 aromatic heterocycles. The Morgan fingerprint density at radius 2 is 1.52 bits per heavy atom. The molecule has 2 atom stereocenters. The van der Waals surface area contributed by atoms with E-state index in [0.717, 1.165) is 0 Å². The Labute approximate surface area is 148 Å². The summed E-state index contributed by atoms with van der Waals surface area (Å²) >= 11 is 5.76. The van der Waals surface area contributed by atoms with Gasteiger partial charge in [-0.25, -0.2) is 0 Å². The van der Waals surface area contributed by atoms with Crippen LogP contribution in [0.5, 0.6) is 0 Å². The van der Waals surface area contributed by atoms with Crippen molar-refractivity contribution in [3.63, 3.8) is 0 Å². The van der Waals surface area contributed by atoms with E-state index in [9.17, 15) is 0 Å². The van der Waals surface area contributed by atoms with Crippen LogP contribution in [0.3, 0.4) is 0 Å². The molecule has 5 rings (SSSR count). The van der Waals surface area contributed by atoms with Gasteiger partial charge in [0.15, 0.2) is 0 Å². The number of rotatable bonds is 2. The van der Waals surface area contributed by atoms with Crippen LogP contribution < -0.4 is 9.92 Å². The van der Waals surface area contributed by atoms with Gasteiger partial charge in [0.2, 0.25) is 0 Å². The van der Waals surface area contributed by atoms with Crippen molar-refractivity contribution >= 4 is 51.9 Å². The molecule has 0 fully saturated rings. The molecule has 1 aromatic carbocycles. The summed E-state index contributed by atoms with van der Waals surface area (Å²) in [5, 5.41) is 8.23. The summed E-state index contributed by atoms with van der Waals surface area (Å²) in [7, 11) is -0.381. The Bertz CT molecular complexity index is 934. The van der Waals surface area contributed by atoms with Crippen LogP contribution in [0.15, 0.2) is 70.7 Å². The van der Waals surface area contributed by atoms with Gasteiger partial charge in [0.05, 0.1) is 5.66 Å². The average molecular weight is 368 g/mol. The van der Waals surface area contributed by atoms with Crippen molar-refractivity contribution in [3.8, 4) is 11.1 Å². The molecule has 4 heteroatoms. The molecular formula is C19H13PS3. The maximum absolute atomic E-state index is 2.32. The van der Waals surface area contributed by atoms with E-state index in [1.165, 1.54) is 21.3 Å². The van der Waals surface area contributed by atoms with Crippen LogP contribution in [0, 0.1) is 0 Å². The van der Waals surface area contributed by atoms with E-state index in [2.05, 4.69) is 70.7 Å². The monoisotopic (exact) mass is 368 g/mol. The van der Waals surface area contributed by atoms with Gasteiger partial charge in [0.1, 0.15) is 0 Å². The highest BCUT2D eigenvalue weighted by Gasteiger charge is 2.37. The second kappa shape index (κ2) is 5.68. The van der Waals surface area contributed by atoms with E-state index in [1.54, 1.807) is 9.50 Å². The van der Waals surface area contributed by atoms with Crippen molar-refractivity contribution in [2.75, 3.05) is 0 Å². The normalized spacial score (nSPS) is 19.3. The Morgan fingerprint density at radius 3 is 2.35 bits per heavy atom. The van der Waals surface area contributed by atoms with E-state index in [1.807, 2.05) is 34.0 Å². The van der Waals surface area contributed by atoms with E-state index in [0.29, 0.717) is 5.66 Å². The third-order valence-corrected chi connectivity index (χ3v) is 10.7. The molecular weight excluding hydrogens is 355 g/mol. The molecule has 0 nitrogen and oxygen atoms in total. The summed E-state index contributed by atoms with van der Waals surface area (Å²) in [5.74, 6) is 0. The van der Waals surface area contributed by atoms with E-state index in [-0.39, 0.29) is 7.92 Å². The highest BCUT2D eigenvalue weighted by atomic mass is 32.1. The summed E-state index contributed by atoms with van der Waals surface area (Å²) in [6.45, 7) is 0. The fraction of sp³-hybridized carbons (Fsp3) is 0.0526. The van der Waals surface area contributed by atoms with Gasteiger partial charge in [-0.3, -0.25) is 0 Å². The second-order valence-corrected chi connectivity index (χ2v) is 10.8. The molecule has 0 bridgehead atoms. The number of fused-ring (bicyclic) bond motifs is 3. The lowest BCUT2D eigenvalue weighted by molar-refractivity contribution is 1.24. The first-order valence-electron chi connectivity index (χ1n) is 7.46. The van der Waals surface area contributed by atoms with Crippen molar-refractivity contribution in [1.82, 2.24) is 0 Å². The van der Waals surface area contributed by atoms with Crippen LogP contribution in [0.4, 0.5) is 0 Å². The molecule has 1 unspecified atom stereocenters. The van der Waals surface area contributed by atoms with Crippen molar-refractivity contribution in [2.45, 2.75) is 5.66 Å². The Kier molecular flexibility index (Phi) is 3.49. The number of hydrogen-bond acceptors (Lipinski definition) is 3. The minimum atomic E-state index is -0.381. The summed E-state index contributed by atoms with van der Waals surface area (Å²) in [6.07, 6.45) is 0. The topological polar surface area (TPSA) is 0 Å². The molecule has 4 aromatic rings. The Morgan fingerprint density at radius 1 is 0.696 bits per heavy atom. The van der Waals surface area contributed by atoms with E-state index in [4.69, 9.17) is 0 Å². The lowest BCUT2D eigenvalue weighted by atomic mass is 10.1. The Hall–Kier alpha value is -1.25. The van der Waals surface area contributed by atoms with Gasteiger partial charge >= 0.3 is 0 Å². The Balaban J connectivity index is 1.80. The molecule has 4 heterocycles. The summed E-state index contributed by atoms with van der Waals surface area (Å²) in [5.41, 5.74) is 3.43. The van der Waals surface area contributed by atoms with Crippen molar-refractivity contribution in [1.29, 1.82) is 0 Å². The second-order valence-electron chi connectivity index (χ2n) is 5.46. The lowest BCUT2D eigenvalue weighted by Gasteiger charge is -2.32. The quantitative estimate of drug-likeness (QED) is 0.377. The predicted octanol–water partition coefficient (Wildman–Crippen LogP) is 6.07.